The van der Waals surface area contributed by atoms with Crippen LogP contribution in [0.2, 0.25) is 0 Å². The Morgan fingerprint density at radius 3 is 2.85 bits per heavy atom. The van der Waals surface area contributed by atoms with E-state index >= 15 is 0 Å². The number of nitrogens with zero attached hydrogens (tertiary/aromatic N) is 4. The highest BCUT2D eigenvalue weighted by Crippen LogP contribution is 2.11. The first kappa shape index (κ1) is 19.3. The lowest BCUT2D eigenvalue weighted by atomic mass is 10.1. The van der Waals surface area contributed by atoms with Gasteiger partial charge in [-0.2, -0.15) is 0 Å². The lowest BCUT2D eigenvalue weighted by Gasteiger charge is -2.15. The largest absolute Gasteiger partial charge is 0.376 e. The zero-order valence-corrected chi connectivity index (χ0v) is 16.1. The predicted octanol–water partition coefficient (Wildman–Crippen LogP) is 1.99. The average molecular weight is 374 g/mol. The lowest BCUT2D eigenvalue weighted by Crippen LogP contribution is -2.41. The number of benzene rings is 1. The lowest BCUT2D eigenvalue weighted by molar-refractivity contribution is 0.113. The van der Waals surface area contributed by atoms with Crippen molar-refractivity contribution in [3.63, 3.8) is 0 Å². The monoisotopic (exact) mass is 374 g/mol. The molecular weight excluding hydrogens is 347 g/mol. The molecule has 2 aromatic rings. The molecule has 1 atom stereocenters. The SMILES string of the molecule is Cc1ccc(CN=C(NCc2nnc(C)n2C)NCC2CCCO2)cc1F. The Hall–Kier alpha value is -2.48. The van der Waals surface area contributed by atoms with Crippen LogP contribution in [0.3, 0.4) is 0 Å². The molecule has 2 N–H and O–H groups in total. The molecule has 3 rings (SSSR count). The highest BCUT2D eigenvalue weighted by Gasteiger charge is 2.16. The Labute approximate surface area is 159 Å². The summed E-state index contributed by atoms with van der Waals surface area (Å²) in [6.45, 7) is 6.04. The maximum atomic E-state index is 13.8. The van der Waals surface area contributed by atoms with Crippen molar-refractivity contribution in [2.45, 2.75) is 45.9 Å². The van der Waals surface area contributed by atoms with Gasteiger partial charge in [0.2, 0.25) is 0 Å². The third-order valence-corrected chi connectivity index (χ3v) is 4.77. The summed E-state index contributed by atoms with van der Waals surface area (Å²) in [4.78, 5) is 4.59. The zero-order chi connectivity index (χ0) is 19.2. The number of halogens is 1. The van der Waals surface area contributed by atoms with Gasteiger partial charge in [0.15, 0.2) is 11.8 Å². The molecular formula is C19H27FN6O. The third-order valence-electron chi connectivity index (χ3n) is 4.77. The van der Waals surface area contributed by atoms with E-state index in [-0.39, 0.29) is 11.9 Å². The summed E-state index contributed by atoms with van der Waals surface area (Å²) in [7, 11) is 1.93. The second kappa shape index (κ2) is 8.94. The van der Waals surface area contributed by atoms with E-state index in [1.54, 1.807) is 13.0 Å². The minimum atomic E-state index is -0.209. The summed E-state index contributed by atoms with van der Waals surface area (Å²) >= 11 is 0. The fourth-order valence-electron chi connectivity index (χ4n) is 2.86. The molecule has 1 aliphatic heterocycles. The van der Waals surface area contributed by atoms with Crippen molar-refractivity contribution >= 4 is 5.96 Å². The number of aliphatic imine (C=N–C) groups is 1. The Balaban J connectivity index is 1.65. The van der Waals surface area contributed by atoms with Crippen LogP contribution >= 0.6 is 0 Å². The molecule has 1 saturated heterocycles. The smallest absolute Gasteiger partial charge is 0.192 e. The van der Waals surface area contributed by atoms with Gasteiger partial charge in [0.1, 0.15) is 11.6 Å². The van der Waals surface area contributed by atoms with E-state index in [9.17, 15) is 4.39 Å². The minimum absolute atomic E-state index is 0.200. The van der Waals surface area contributed by atoms with E-state index in [0.29, 0.717) is 31.2 Å². The van der Waals surface area contributed by atoms with Crippen LogP contribution in [-0.2, 0) is 24.9 Å². The van der Waals surface area contributed by atoms with Crippen molar-refractivity contribution in [1.29, 1.82) is 0 Å². The first-order chi connectivity index (χ1) is 13.0. The highest BCUT2D eigenvalue weighted by atomic mass is 19.1. The van der Waals surface area contributed by atoms with E-state index in [1.165, 1.54) is 6.07 Å². The van der Waals surface area contributed by atoms with Crippen molar-refractivity contribution in [2.75, 3.05) is 13.2 Å². The molecule has 146 valence electrons. The maximum absolute atomic E-state index is 13.8. The molecule has 1 unspecified atom stereocenters. The summed E-state index contributed by atoms with van der Waals surface area (Å²) in [5.41, 5.74) is 1.46. The molecule has 0 bridgehead atoms. The number of rotatable bonds is 6. The molecule has 2 heterocycles. The molecule has 0 amide bonds. The van der Waals surface area contributed by atoms with Crippen LogP contribution in [0.5, 0.6) is 0 Å². The normalized spacial score (nSPS) is 17.3. The second-order valence-corrected chi connectivity index (χ2v) is 6.84. The molecule has 0 spiro atoms. The predicted molar refractivity (Wildman–Crippen MR) is 102 cm³/mol. The number of guanidine groups is 1. The Morgan fingerprint density at radius 1 is 1.33 bits per heavy atom. The molecule has 8 heteroatoms. The van der Waals surface area contributed by atoms with Crippen molar-refractivity contribution < 1.29 is 9.13 Å². The van der Waals surface area contributed by atoms with Crippen LogP contribution < -0.4 is 10.6 Å². The number of nitrogens with one attached hydrogen (secondary N) is 2. The van der Waals surface area contributed by atoms with Crippen LogP contribution in [-0.4, -0.2) is 40.0 Å². The van der Waals surface area contributed by atoms with Gasteiger partial charge >= 0.3 is 0 Å². The van der Waals surface area contributed by atoms with Crippen molar-refractivity contribution in [2.24, 2.45) is 12.0 Å². The zero-order valence-electron chi connectivity index (χ0n) is 16.1. The van der Waals surface area contributed by atoms with Gasteiger partial charge in [-0.25, -0.2) is 9.38 Å². The second-order valence-electron chi connectivity index (χ2n) is 6.84. The topological polar surface area (TPSA) is 76.4 Å². The number of hydrogen-bond donors (Lipinski definition) is 2. The number of aromatic nitrogens is 3. The van der Waals surface area contributed by atoms with E-state index < -0.39 is 0 Å². The van der Waals surface area contributed by atoms with Gasteiger partial charge in [-0.1, -0.05) is 12.1 Å². The summed E-state index contributed by atoms with van der Waals surface area (Å²) in [5.74, 6) is 2.11. The van der Waals surface area contributed by atoms with Gasteiger partial charge < -0.3 is 19.9 Å². The molecule has 0 saturated carbocycles. The molecule has 1 aliphatic rings. The fourth-order valence-corrected chi connectivity index (χ4v) is 2.86. The van der Waals surface area contributed by atoms with E-state index in [1.807, 2.05) is 24.6 Å². The summed E-state index contributed by atoms with van der Waals surface area (Å²) in [5, 5.41) is 14.8. The van der Waals surface area contributed by atoms with Crippen LogP contribution in [0.1, 0.15) is 35.6 Å². The van der Waals surface area contributed by atoms with E-state index in [4.69, 9.17) is 4.74 Å². The van der Waals surface area contributed by atoms with Crippen LogP contribution in [0.4, 0.5) is 4.39 Å². The Morgan fingerprint density at radius 2 is 2.19 bits per heavy atom. The molecule has 1 aromatic heterocycles. The van der Waals surface area contributed by atoms with Gasteiger partial charge in [-0.3, -0.25) is 0 Å². The van der Waals surface area contributed by atoms with E-state index in [2.05, 4.69) is 25.8 Å². The molecule has 7 nitrogen and oxygen atoms in total. The first-order valence-corrected chi connectivity index (χ1v) is 9.26. The Bertz CT molecular complexity index is 797. The molecule has 0 aliphatic carbocycles. The molecule has 0 radical (unpaired) electrons. The van der Waals surface area contributed by atoms with Crippen molar-refractivity contribution in [3.8, 4) is 0 Å². The summed E-state index contributed by atoms with van der Waals surface area (Å²) in [6, 6.07) is 5.20. The quantitative estimate of drug-likeness (QED) is 0.597. The third kappa shape index (κ3) is 5.26. The van der Waals surface area contributed by atoms with Crippen molar-refractivity contribution in [1.82, 2.24) is 25.4 Å². The number of ether oxygens (including phenoxy) is 1. The van der Waals surface area contributed by atoms with Crippen LogP contribution in [0, 0.1) is 19.7 Å². The van der Waals surface area contributed by atoms with Crippen molar-refractivity contribution in [3.05, 3.63) is 46.8 Å². The van der Waals surface area contributed by atoms with E-state index in [0.717, 1.165) is 36.7 Å². The fraction of sp³-hybridized carbons (Fsp3) is 0.526. The molecule has 27 heavy (non-hydrogen) atoms. The first-order valence-electron chi connectivity index (χ1n) is 9.26. The summed E-state index contributed by atoms with van der Waals surface area (Å²) < 4.78 is 21.3. The average Bonchev–Trinajstić information content (AvgIpc) is 3.28. The standard InChI is InChI=1S/C19H27FN6O/c1-13-6-7-15(9-17(13)20)10-21-19(22-11-16-5-4-8-27-16)23-12-18-25-24-14(2)26(18)3/h6-7,9,16H,4-5,8,10-12H2,1-3H3,(H2,21,22,23). The minimum Gasteiger partial charge on any atom is -0.376 e. The number of hydrogen-bond acceptors (Lipinski definition) is 4. The van der Waals surface area contributed by atoms with Crippen LogP contribution in [0.15, 0.2) is 23.2 Å². The molecule has 1 fully saturated rings. The van der Waals surface area contributed by atoms with Crippen LogP contribution in [0.25, 0.3) is 0 Å². The Kier molecular flexibility index (Phi) is 6.39. The van der Waals surface area contributed by atoms with Gasteiger partial charge in [0.05, 0.1) is 19.2 Å². The highest BCUT2D eigenvalue weighted by molar-refractivity contribution is 5.79. The molecule has 1 aromatic carbocycles. The van der Waals surface area contributed by atoms with Gasteiger partial charge in [0.25, 0.3) is 0 Å². The van der Waals surface area contributed by atoms with Gasteiger partial charge in [0, 0.05) is 20.2 Å². The number of aryl methyl sites for hydroxylation is 2. The van der Waals surface area contributed by atoms with Gasteiger partial charge in [-0.15, -0.1) is 10.2 Å². The van der Waals surface area contributed by atoms with Gasteiger partial charge in [-0.05, 0) is 43.9 Å². The summed E-state index contributed by atoms with van der Waals surface area (Å²) in [6.07, 6.45) is 2.34. The maximum Gasteiger partial charge on any atom is 0.192 e.